The predicted octanol–water partition coefficient (Wildman–Crippen LogP) is 1.69. The Bertz CT molecular complexity index is 612. The molecule has 0 saturated carbocycles. The molecule has 1 aromatic carbocycles. The van der Waals surface area contributed by atoms with Crippen molar-refractivity contribution in [1.82, 2.24) is 15.0 Å². The van der Waals surface area contributed by atoms with Crippen LogP contribution in [-0.4, -0.2) is 15.0 Å². The molecule has 0 unspecified atom stereocenters. The zero-order valence-corrected chi connectivity index (χ0v) is 7.36. The molecule has 4 heteroatoms. The van der Waals surface area contributed by atoms with Gasteiger partial charge in [0.25, 0.3) is 0 Å². The van der Waals surface area contributed by atoms with Crippen molar-refractivity contribution in [2.45, 2.75) is 0 Å². The molecule has 0 radical (unpaired) electrons. The highest BCUT2D eigenvalue weighted by Gasteiger charge is 2.06. The van der Waals surface area contributed by atoms with Crippen LogP contribution in [0.1, 0.15) is 0 Å². The monoisotopic (exact) mass is 184 g/mol. The third kappa shape index (κ3) is 0.821. The molecule has 0 saturated heterocycles. The lowest BCUT2D eigenvalue weighted by Gasteiger charge is -2.01. The van der Waals surface area contributed by atoms with E-state index in [0.717, 1.165) is 16.4 Å². The third-order valence-electron chi connectivity index (χ3n) is 2.31. The Morgan fingerprint density at radius 2 is 2.07 bits per heavy atom. The van der Waals surface area contributed by atoms with Gasteiger partial charge in [0.2, 0.25) is 0 Å². The van der Waals surface area contributed by atoms with Crippen molar-refractivity contribution >= 4 is 27.8 Å². The average Bonchev–Trinajstić information content (AvgIpc) is 2.66. The van der Waals surface area contributed by atoms with E-state index in [9.17, 15) is 0 Å². The lowest BCUT2D eigenvalue weighted by molar-refractivity contribution is 1.32. The number of nitrogens with one attached hydrogen (secondary N) is 1. The Kier molecular flexibility index (Phi) is 1.28. The van der Waals surface area contributed by atoms with Gasteiger partial charge in [-0.1, -0.05) is 18.2 Å². The number of fused-ring (bicyclic) bond motifs is 2. The minimum absolute atomic E-state index is 0.668. The van der Waals surface area contributed by atoms with Gasteiger partial charge in [0, 0.05) is 5.39 Å². The van der Waals surface area contributed by atoms with Gasteiger partial charge in [-0.2, -0.15) is 0 Å². The largest absolute Gasteiger partial charge is 0.396 e. The Morgan fingerprint density at radius 1 is 1.21 bits per heavy atom. The summed E-state index contributed by atoms with van der Waals surface area (Å²) in [7, 11) is 0. The SMILES string of the molecule is Nc1c2ccccc2nc2nc[nH]c12. The van der Waals surface area contributed by atoms with Crippen LogP contribution in [0.25, 0.3) is 22.1 Å². The lowest BCUT2D eigenvalue weighted by Crippen LogP contribution is -1.91. The average molecular weight is 184 g/mol. The summed E-state index contributed by atoms with van der Waals surface area (Å²) in [6.45, 7) is 0. The summed E-state index contributed by atoms with van der Waals surface area (Å²) in [6, 6.07) is 7.77. The third-order valence-corrected chi connectivity index (χ3v) is 2.31. The fourth-order valence-corrected chi connectivity index (χ4v) is 1.62. The van der Waals surface area contributed by atoms with Crippen LogP contribution in [0.2, 0.25) is 0 Å². The molecular weight excluding hydrogens is 176 g/mol. The minimum atomic E-state index is 0.668. The highest BCUT2D eigenvalue weighted by molar-refractivity contribution is 6.03. The number of nitrogens with two attached hydrogens (primary N) is 1. The summed E-state index contributed by atoms with van der Waals surface area (Å²) in [6.07, 6.45) is 1.60. The molecule has 68 valence electrons. The van der Waals surface area contributed by atoms with E-state index >= 15 is 0 Å². The Balaban J connectivity index is 2.63. The van der Waals surface area contributed by atoms with Gasteiger partial charge in [-0.05, 0) is 6.07 Å². The molecule has 3 rings (SSSR count). The number of nitrogen functional groups attached to an aromatic ring is 1. The molecule has 2 aromatic heterocycles. The van der Waals surface area contributed by atoms with Crippen LogP contribution in [0, 0.1) is 0 Å². The van der Waals surface area contributed by atoms with E-state index < -0.39 is 0 Å². The molecule has 14 heavy (non-hydrogen) atoms. The molecule has 0 aliphatic heterocycles. The number of anilines is 1. The van der Waals surface area contributed by atoms with Crippen molar-refractivity contribution in [2.75, 3.05) is 5.73 Å². The van der Waals surface area contributed by atoms with E-state index in [0.29, 0.717) is 11.3 Å². The summed E-state index contributed by atoms with van der Waals surface area (Å²) in [5, 5.41) is 0.962. The molecule has 3 aromatic rings. The van der Waals surface area contributed by atoms with Gasteiger partial charge < -0.3 is 10.7 Å². The standard InChI is InChI=1S/C10H8N4/c11-8-6-3-1-2-4-7(6)14-10-9(8)12-5-13-10/h1-5H,(H3,11,12,13,14). The second-order valence-electron chi connectivity index (χ2n) is 3.14. The number of pyridine rings is 1. The van der Waals surface area contributed by atoms with Crippen LogP contribution < -0.4 is 5.73 Å². The van der Waals surface area contributed by atoms with Crippen LogP contribution in [0.3, 0.4) is 0 Å². The maximum atomic E-state index is 5.99. The Morgan fingerprint density at radius 3 is 3.00 bits per heavy atom. The number of aromatic amines is 1. The minimum Gasteiger partial charge on any atom is -0.396 e. The van der Waals surface area contributed by atoms with E-state index in [-0.39, 0.29) is 0 Å². The first-order valence-corrected chi connectivity index (χ1v) is 4.33. The quantitative estimate of drug-likeness (QED) is 0.558. The maximum Gasteiger partial charge on any atom is 0.180 e. The first kappa shape index (κ1) is 7.32. The zero-order valence-electron chi connectivity index (χ0n) is 7.36. The molecule has 0 amide bonds. The summed E-state index contributed by atoms with van der Waals surface area (Å²) in [5.41, 5.74) is 9.06. The van der Waals surface area contributed by atoms with E-state index in [4.69, 9.17) is 5.73 Å². The summed E-state index contributed by atoms with van der Waals surface area (Å²) in [5.74, 6) is 0. The number of aromatic nitrogens is 3. The smallest absolute Gasteiger partial charge is 0.180 e. The first-order chi connectivity index (χ1) is 6.86. The molecular formula is C10H8N4. The Hall–Kier alpha value is -2.10. The fraction of sp³-hybridized carbons (Fsp3) is 0. The van der Waals surface area contributed by atoms with Gasteiger partial charge in [-0.3, -0.25) is 0 Å². The second kappa shape index (κ2) is 2.45. The van der Waals surface area contributed by atoms with Gasteiger partial charge in [0.1, 0.15) is 5.52 Å². The van der Waals surface area contributed by atoms with E-state index in [1.165, 1.54) is 0 Å². The highest BCUT2D eigenvalue weighted by Crippen LogP contribution is 2.25. The number of para-hydroxylation sites is 1. The summed E-state index contributed by atoms with van der Waals surface area (Å²) >= 11 is 0. The molecule has 0 aliphatic carbocycles. The number of benzene rings is 1. The molecule has 4 nitrogen and oxygen atoms in total. The topological polar surface area (TPSA) is 67.6 Å². The lowest BCUT2D eigenvalue weighted by atomic mass is 10.2. The van der Waals surface area contributed by atoms with Gasteiger partial charge in [-0.25, -0.2) is 9.97 Å². The summed E-state index contributed by atoms with van der Waals surface area (Å²) < 4.78 is 0. The molecule has 0 fully saturated rings. The number of H-pyrrole nitrogens is 1. The number of imidazole rings is 1. The van der Waals surface area contributed by atoms with Crippen LogP contribution in [0.4, 0.5) is 5.69 Å². The maximum absolute atomic E-state index is 5.99. The van der Waals surface area contributed by atoms with Crippen molar-refractivity contribution in [2.24, 2.45) is 0 Å². The van der Waals surface area contributed by atoms with Crippen LogP contribution >= 0.6 is 0 Å². The molecule has 0 bridgehead atoms. The normalized spacial score (nSPS) is 11.1. The van der Waals surface area contributed by atoms with Crippen molar-refractivity contribution in [3.05, 3.63) is 30.6 Å². The zero-order chi connectivity index (χ0) is 9.54. The highest BCUT2D eigenvalue weighted by atomic mass is 15.0. The van der Waals surface area contributed by atoms with Crippen molar-refractivity contribution < 1.29 is 0 Å². The molecule has 2 heterocycles. The molecule has 3 N–H and O–H groups in total. The van der Waals surface area contributed by atoms with Crippen LogP contribution in [-0.2, 0) is 0 Å². The van der Waals surface area contributed by atoms with Crippen LogP contribution in [0.5, 0.6) is 0 Å². The Labute approximate surface area is 79.8 Å². The number of hydrogen-bond acceptors (Lipinski definition) is 3. The number of hydrogen-bond donors (Lipinski definition) is 2. The van der Waals surface area contributed by atoms with Gasteiger partial charge in [-0.15, -0.1) is 0 Å². The van der Waals surface area contributed by atoms with E-state index in [1.54, 1.807) is 6.33 Å². The van der Waals surface area contributed by atoms with Crippen LogP contribution in [0.15, 0.2) is 30.6 Å². The first-order valence-electron chi connectivity index (χ1n) is 4.33. The van der Waals surface area contributed by atoms with Crippen molar-refractivity contribution in [1.29, 1.82) is 0 Å². The molecule has 0 aliphatic rings. The van der Waals surface area contributed by atoms with Crippen molar-refractivity contribution in [3.63, 3.8) is 0 Å². The van der Waals surface area contributed by atoms with Gasteiger partial charge in [0.15, 0.2) is 5.65 Å². The molecule has 0 spiro atoms. The number of rotatable bonds is 0. The number of nitrogens with zero attached hydrogens (tertiary/aromatic N) is 2. The van der Waals surface area contributed by atoms with E-state index in [1.807, 2.05) is 24.3 Å². The van der Waals surface area contributed by atoms with Gasteiger partial charge in [0.05, 0.1) is 17.5 Å². The van der Waals surface area contributed by atoms with Gasteiger partial charge >= 0.3 is 0 Å². The van der Waals surface area contributed by atoms with Crippen molar-refractivity contribution in [3.8, 4) is 0 Å². The summed E-state index contributed by atoms with van der Waals surface area (Å²) in [4.78, 5) is 11.4. The molecule has 0 atom stereocenters. The predicted molar refractivity (Wildman–Crippen MR) is 55.8 cm³/mol. The second-order valence-corrected chi connectivity index (χ2v) is 3.14. The fourth-order valence-electron chi connectivity index (χ4n) is 1.62. The van der Waals surface area contributed by atoms with E-state index in [2.05, 4.69) is 15.0 Å².